The van der Waals surface area contributed by atoms with Gasteiger partial charge in [0.05, 0.1) is 11.8 Å². The Morgan fingerprint density at radius 1 is 1.03 bits per heavy atom. The molecule has 0 aliphatic rings. The van der Waals surface area contributed by atoms with Gasteiger partial charge in [0.2, 0.25) is 0 Å². The van der Waals surface area contributed by atoms with E-state index < -0.39 is 11.7 Å². The Bertz CT molecular complexity index is 1270. The molecule has 0 fully saturated rings. The van der Waals surface area contributed by atoms with Crippen molar-refractivity contribution in [3.8, 4) is 22.3 Å². The summed E-state index contributed by atoms with van der Waals surface area (Å²) in [6.45, 7) is 9.55. The molecule has 164 valence electrons. The standard InChI is InChI=1S/C27H27ClN2O2/c1-16-12-20-13-19(21-14-29-30-15-21)8-11-23(20)25(18-6-9-22(28)10-7-18)24(16)26(17(2)31)32-27(3,4)5/h6-15,26H,1-5H3,(H,29,30)/t26-/m1/s1. The van der Waals surface area contributed by atoms with Crippen molar-refractivity contribution >= 4 is 28.2 Å². The largest absolute Gasteiger partial charge is 0.360 e. The number of halogens is 1. The van der Waals surface area contributed by atoms with Crippen molar-refractivity contribution in [2.45, 2.75) is 46.3 Å². The summed E-state index contributed by atoms with van der Waals surface area (Å²) < 4.78 is 6.30. The quantitative estimate of drug-likeness (QED) is 0.349. The summed E-state index contributed by atoms with van der Waals surface area (Å²) in [5.74, 6) is -0.0207. The number of nitrogens with one attached hydrogen (secondary N) is 1. The van der Waals surface area contributed by atoms with Crippen molar-refractivity contribution in [1.29, 1.82) is 0 Å². The van der Waals surface area contributed by atoms with Gasteiger partial charge in [-0.15, -0.1) is 0 Å². The number of ether oxygens (including phenoxy) is 1. The third-order valence-corrected chi connectivity index (χ3v) is 5.71. The lowest BCUT2D eigenvalue weighted by Crippen LogP contribution is -2.27. The molecule has 0 radical (unpaired) electrons. The fourth-order valence-electron chi connectivity index (χ4n) is 4.12. The Balaban J connectivity index is 2.03. The second kappa shape index (κ2) is 8.53. The van der Waals surface area contributed by atoms with E-state index in [1.54, 1.807) is 6.92 Å². The second-order valence-electron chi connectivity index (χ2n) is 9.13. The van der Waals surface area contributed by atoms with E-state index in [-0.39, 0.29) is 5.78 Å². The van der Waals surface area contributed by atoms with Gasteiger partial charge in [-0.05, 0) is 91.4 Å². The highest BCUT2D eigenvalue weighted by Gasteiger charge is 2.29. The molecule has 1 heterocycles. The molecule has 0 saturated carbocycles. The van der Waals surface area contributed by atoms with Crippen molar-refractivity contribution in [3.63, 3.8) is 0 Å². The number of ketones is 1. The van der Waals surface area contributed by atoms with Crippen LogP contribution in [0.2, 0.25) is 5.02 Å². The molecule has 1 atom stereocenters. The van der Waals surface area contributed by atoms with E-state index in [0.29, 0.717) is 5.02 Å². The number of aromatic amines is 1. The Hall–Kier alpha value is -2.95. The highest BCUT2D eigenvalue weighted by Crippen LogP contribution is 2.41. The fraction of sp³-hybridized carbons (Fsp3) is 0.259. The number of aryl methyl sites for hydroxylation is 1. The van der Waals surface area contributed by atoms with Gasteiger partial charge in [-0.1, -0.05) is 41.9 Å². The first-order valence-corrected chi connectivity index (χ1v) is 11.0. The van der Waals surface area contributed by atoms with Crippen LogP contribution in [0.5, 0.6) is 0 Å². The molecule has 1 N–H and O–H groups in total. The summed E-state index contributed by atoms with van der Waals surface area (Å²) in [6.07, 6.45) is 3.02. The van der Waals surface area contributed by atoms with Crippen LogP contribution in [0.3, 0.4) is 0 Å². The molecular formula is C27H27ClN2O2. The molecule has 3 aromatic carbocycles. The zero-order valence-electron chi connectivity index (χ0n) is 19.0. The molecule has 1 aromatic heterocycles. The first-order chi connectivity index (χ1) is 15.1. The third-order valence-electron chi connectivity index (χ3n) is 5.45. The van der Waals surface area contributed by atoms with E-state index >= 15 is 0 Å². The molecule has 0 amide bonds. The van der Waals surface area contributed by atoms with Crippen molar-refractivity contribution in [2.75, 3.05) is 0 Å². The van der Waals surface area contributed by atoms with Gasteiger partial charge in [-0.3, -0.25) is 9.89 Å². The molecule has 0 aliphatic carbocycles. The van der Waals surface area contributed by atoms with Crippen LogP contribution in [0.15, 0.2) is 60.9 Å². The minimum atomic E-state index is -0.668. The number of rotatable bonds is 5. The smallest absolute Gasteiger partial charge is 0.163 e. The van der Waals surface area contributed by atoms with E-state index in [2.05, 4.69) is 34.5 Å². The van der Waals surface area contributed by atoms with Gasteiger partial charge in [0.1, 0.15) is 6.10 Å². The summed E-state index contributed by atoms with van der Waals surface area (Å²) in [5.41, 5.74) is 5.54. The number of aromatic nitrogens is 2. The number of hydrogen-bond donors (Lipinski definition) is 1. The second-order valence-corrected chi connectivity index (χ2v) is 9.57. The summed E-state index contributed by atoms with van der Waals surface area (Å²) >= 11 is 6.18. The molecule has 0 bridgehead atoms. The van der Waals surface area contributed by atoms with Crippen molar-refractivity contribution < 1.29 is 9.53 Å². The zero-order chi connectivity index (χ0) is 23.0. The first-order valence-electron chi connectivity index (χ1n) is 10.6. The van der Waals surface area contributed by atoms with Crippen molar-refractivity contribution in [3.05, 3.63) is 77.1 Å². The van der Waals surface area contributed by atoms with Crippen molar-refractivity contribution in [2.24, 2.45) is 0 Å². The van der Waals surface area contributed by atoms with Crippen LogP contribution in [0.4, 0.5) is 0 Å². The lowest BCUT2D eigenvalue weighted by molar-refractivity contribution is -0.138. The predicted octanol–water partition coefficient (Wildman–Crippen LogP) is 7.30. The minimum Gasteiger partial charge on any atom is -0.360 e. The van der Waals surface area contributed by atoms with E-state index in [4.69, 9.17) is 16.3 Å². The monoisotopic (exact) mass is 446 g/mol. The van der Waals surface area contributed by atoms with Crippen LogP contribution in [0.25, 0.3) is 33.0 Å². The SMILES string of the molecule is CC(=O)[C@@H](OC(C)(C)C)c1c(C)cc2cc(-c3cn[nH]c3)ccc2c1-c1ccc(Cl)cc1. The Kier molecular flexibility index (Phi) is 5.93. The average Bonchev–Trinajstić information content (AvgIpc) is 3.26. The zero-order valence-corrected chi connectivity index (χ0v) is 19.7. The van der Waals surface area contributed by atoms with E-state index in [1.807, 2.05) is 64.4 Å². The van der Waals surface area contributed by atoms with Gasteiger partial charge >= 0.3 is 0 Å². The van der Waals surface area contributed by atoms with Gasteiger partial charge in [0.15, 0.2) is 5.78 Å². The maximum atomic E-state index is 12.8. The number of H-pyrrole nitrogens is 1. The highest BCUT2D eigenvalue weighted by atomic mass is 35.5. The Morgan fingerprint density at radius 3 is 2.31 bits per heavy atom. The number of hydrogen-bond acceptors (Lipinski definition) is 3. The van der Waals surface area contributed by atoms with E-state index in [0.717, 1.165) is 44.2 Å². The van der Waals surface area contributed by atoms with Crippen LogP contribution in [-0.4, -0.2) is 21.6 Å². The maximum Gasteiger partial charge on any atom is 0.163 e. The van der Waals surface area contributed by atoms with E-state index in [1.165, 1.54) is 0 Å². The summed E-state index contributed by atoms with van der Waals surface area (Å²) in [4.78, 5) is 12.8. The lowest BCUT2D eigenvalue weighted by atomic mass is 9.85. The minimum absolute atomic E-state index is 0.0207. The number of carbonyl (C=O) groups is 1. The van der Waals surface area contributed by atoms with E-state index in [9.17, 15) is 4.79 Å². The van der Waals surface area contributed by atoms with Crippen molar-refractivity contribution in [1.82, 2.24) is 10.2 Å². The molecule has 4 nitrogen and oxygen atoms in total. The van der Waals surface area contributed by atoms with Crippen LogP contribution in [0.1, 0.15) is 44.9 Å². The summed E-state index contributed by atoms with van der Waals surface area (Å²) in [7, 11) is 0. The molecule has 5 heteroatoms. The van der Waals surface area contributed by atoms with Crippen LogP contribution in [0, 0.1) is 6.92 Å². The molecule has 4 rings (SSSR count). The lowest BCUT2D eigenvalue weighted by Gasteiger charge is -2.29. The van der Waals surface area contributed by atoms with Gasteiger partial charge in [-0.25, -0.2) is 0 Å². The van der Waals surface area contributed by atoms with Gasteiger partial charge < -0.3 is 4.74 Å². The summed E-state index contributed by atoms with van der Waals surface area (Å²) in [5, 5.41) is 9.76. The number of nitrogens with zero attached hydrogens (tertiary/aromatic N) is 1. The molecule has 0 aliphatic heterocycles. The highest BCUT2D eigenvalue weighted by molar-refractivity contribution is 6.30. The Labute approximate surface area is 193 Å². The third kappa shape index (κ3) is 4.47. The van der Waals surface area contributed by atoms with Gasteiger partial charge in [-0.2, -0.15) is 5.10 Å². The topological polar surface area (TPSA) is 55.0 Å². The predicted molar refractivity (Wildman–Crippen MR) is 131 cm³/mol. The fourth-order valence-corrected chi connectivity index (χ4v) is 4.24. The molecule has 4 aromatic rings. The number of carbonyl (C=O) groups excluding carboxylic acids is 1. The number of fused-ring (bicyclic) bond motifs is 1. The molecule has 32 heavy (non-hydrogen) atoms. The molecular weight excluding hydrogens is 420 g/mol. The van der Waals surface area contributed by atoms with Crippen LogP contribution >= 0.6 is 11.6 Å². The van der Waals surface area contributed by atoms with Gasteiger partial charge in [0, 0.05) is 16.8 Å². The number of benzene rings is 3. The van der Waals surface area contributed by atoms with Gasteiger partial charge in [0.25, 0.3) is 0 Å². The molecule has 0 saturated heterocycles. The van der Waals surface area contributed by atoms with Crippen LogP contribution < -0.4 is 0 Å². The molecule has 0 spiro atoms. The maximum absolute atomic E-state index is 12.8. The number of Topliss-reactive ketones (excluding diaryl/α,β-unsaturated/α-hetero) is 1. The van der Waals surface area contributed by atoms with Crippen LogP contribution in [-0.2, 0) is 9.53 Å². The normalized spacial score (nSPS) is 12.8. The Morgan fingerprint density at radius 2 is 1.72 bits per heavy atom. The first kappa shape index (κ1) is 22.3. The average molecular weight is 447 g/mol. The molecule has 0 unspecified atom stereocenters. The summed E-state index contributed by atoms with van der Waals surface area (Å²) in [6, 6.07) is 16.2.